The number of carboxylic acid groups (broad SMARTS) is 1. The molecule has 5 aliphatic carbocycles. The molecule has 0 aromatic rings. The highest BCUT2D eigenvalue weighted by molar-refractivity contribution is 5.79. The van der Waals surface area contributed by atoms with Crippen molar-refractivity contribution in [1.29, 1.82) is 0 Å². The number of ether oxygens (including phenoxy) is 6. The lowest BCUT2D eigenvalue weighted by atomic mass is 9.33. The Morgan fingerprint density at radius 3 is 1.98 bits per heavy atom. The quantitative estimate of drug-likeness (QED) is 0.0931. The topological polar surface area (TPSA) is 292 Å². The second-order valence-electron chi connectivity index (χ2n) is 23.5. The van der Waals surface area contributed by atoms with E-state index in [0.29, 0.717) is 19.3 Å². The standard InChI is InChI=1S/C48H76O18/c1-21-28(50)30(52)32(54)39(61-21)64-36-34(56)37(38(58)59)65-41(35(36)57)63-27-12-13-45(6)25(44(27,4)5)11-14-47(8)26(45)10-9-22-23-19-43(2,3)15-17-48(23,18-16-46(22,47)7)42(60)66-40-33(55)31(53)29(51)24(20-49)62-40/h9,21,23-37,39-41,49-57H,10-20H2,1-8H3,(H,58,59)/t21-,23-,24+,25-,26+,27-,28-,29+,30+,31-,32+,33+,34-,35+,36-,37-,39+,40-,41+,45-,46+,47+,48-/m0/s1. The molecule has 10 N–H and O–H groups in total. The van der Waals surface area contributed by atoms with E-state index >= 15 is 0 Å². The average Bonchev–Trinajstić information content (AvgIpc) is 3.25. The summed E-state index contributed by atoms with van der Waals surface area (Å²) in [4.78, 5) is 27.1. The Labute approximate surface area is 386 Å². The SMILES string of the molecule is C[C@@H]1O[C@H](O[C@@H]2[C@@H](O)[C@H](O[C@H]3CC[C@]4(C)[C@H]5CC=C6[C@@H]7CC(C)(C)CC[C@]7(C(=O)O[C@@H]7O[C@H](CO)[C@@H](O)[C@H](O)[C@H]7O)CC[C@@]6(C)[C@]5(C)CC[C@H]4C3(C)C)O[C@H](C(=O)O)[C@H]2O)[C@H](O)[C@H](O)[C@H]1O. The van der Waals surface area contributed by atoms with Crippen molar-refractivity contribution in [2.45, 2.75) is 218 Å². The van der Waals surface area contributed by atoms with Crippen LogP contribution in [0, 0.1) is 50.2 Å². The lowest BCUT2D eigenvalue weighted by Gasteiger charge is -2.71. The number of hydrogen-bond acceptors (Lipinski definition) is 17. The van der Waals surface area contributed by atoms with Gasteiger partial charge in [0.05, 0.1) is 24.2 Å². The Morgan fingerprint density at radius 1 is 0.682 bits per heavy atom. The van der Waals surface area contributed by atoms with Gasteiger partial charge in [0.1, 0.15) is 61.0 Å². The van der Waals surface area contributed by atoms with Crippen LogP contribution in [0.3, 0.4) is 0 Å². The number of hydrogen-bond donors (Lipinski definition) is 10. The van der Waals surface area contributed by atoms with E-state index in [0.717, 1.165) is 44.9 Å². The largest absolute Gasteiger partial charge is 0.479 e. The molecule has 4 saturated carbocycles. The van der Waals surface area contributed by atoms with Gasteiger partial charge in [-0.25, -0.2) is 4.79 Å². The third-order valence-electron chi connectivity index (χ3n) is 19.2. The molecule has 18 heteroatoms. The molecule has 0 bridgehead atoms. The summed E-state index contributed by atoms with van der Waals surface area (Å²) in [6.07, 6.45) is -14.8. The molecule has 0 unspecified atom stereocenters. The van der Waals surface area contributed by atoms with Crippen LogP contribution in [-0.2, 0) is 38.0 Å². The first kappa shape index (κ1) is 50.5. The van der Waals surface area contributed by atoms with Crippen LogP contribution < -0.4 is 0 Å². The molecule has 3 heterocycles. The van der Waals surface area contributed by atoms with Crippen molar-refractivity contribution >= 4 is 11.9 Å². The molecule has 0 spiro atoms. The molecule has 8 aliphatic rings. The zero-order valence-corrected chi connectivity index (χ0v) is 39.6. The molecule has 7 fully saturated rings. The van der Waals surface area contributed by atoms with Crippen molar-refractivity contribution in [2.75, 3.05) is 6.61 Å². The number of carbonyl (C=O) groups excluding carboxylic acids is 1. The summed E-state index contributed by atoms with van der Waals surface area (Å²) in [7, 11) is 0. The third kappa shape index (κ3) is 7.74. The summed E-state index contributed by atoms with van der Waals surface area (Å²) in [6, 6.07) is 0. The fourth-order valence-corrected chi connectivity index (χ4v) is 15.0. The maximum atomic E-state index is 14.7. The van der Waals surface area contributed by atoms with Crippen LogP contribution in [-0.4, -0.2) is 168 Å². The van der Waals surface area contributed by atoms with E-state index < -0.39 is 128 Å². The van der Waals surface area contributed by atoms with Gasteiger partial charge in [0.2, 0.25) is 6.29 Å². The van der Waals surface area contributed by atoms with Gasteiger partial charge < -0.3 is 79.5 Å². The van der Waals surface area contributed by atoms with Gasteiger partial charge in [0.25, 0.3) is 0 Å². The minimum atomic E-state index is -1.91. The Morgan fingerprint density at radius 2 is 1.32 bits per heavy atom. The predicted octanol–water partition coefficient (Wildman–Crippen LogP) is 1.26. The van der Waals surface area contributed by atoms with Crippen LogP contribution in [0.4, 0.5) is 0 Å². The summed E-state index contributed by atoms with van der Waals surface area (Å²) < 4.78 is 35.4. The van der Waals surface area contributed by atoms with Crippen molar-refractivity contribution in [3.8, 4) is 0 Å². The molecule has 0 amide bonds. The Bertz CT molecular complexity index is 1860. The van der Waals surface area contributed by atoms with E-state index in [1.54, 1.807) is 0 Å². The fourth-order valence-electron chi connectivity index (χ4n) is 15.0. The minimum Gasteiger partial charge on any atom is -0.479 e. The zero-order valence-electron chi connectivity index (χ0n) is 39.6. The first-order valence-electron chi connectivity index (χ1n) is 24.2. The van der Waals surface area contributed by atoms with Crippen molar-refractivity contribution in [3.63, 3.8) is 0 Å². The molecule has 376 valence electrons. The van der Waals surface area contributed by atoms with Crippen LogP contribution >= 0.6 is 0 Å². The molecule has 3 aliphatic heterocycles. The molecule has 66 heavy (non-hydrogen) atoms. The number of rotatable bonds is 8. The highest BCUT2D eigenvalue weighted by Gasteiger charge is 2.70. The smallest absolute Gasteiger partial charge is 0.335 e. The number of allylic oxidation sites excluding steroid dienone is 2. The Balaban J connectivity index is 1.03. The number of aliphatic carboxylic acids is 1. The predicted molar refractivity (Wildman–Crippen MR) is 229 cm³/mol. The minimum absolute atomic E-state index is 0.0691. The highest BCUT2D eigenvalue weighted by atomic mass is 16.7. The molecule has 0 aromatic heterocycles. The van der Waals surface area contributed by atoms with Gasteiger partial charge in [-0.05, 0) is 116 Å². The summed E-state index contributed by atoms with van der Waals surface area (Å²) in [5, 5.41) is 106. The lowest BCUT2D eigenvalue weighted by molar-refractivity contribution is -0.363. The van der Waals surface area contributed by atoms with Crippen molar-refractivity contribution in [3.05, 3.63) is 11.6 Å². The Hall–Kier alpha value is -1.88. The molecule has 8 rings (SSSR count). The normalized spacial score (nSPS) is 53.2. The monoisotopic (exact) mass is 941 g/mol. The fraction of sp³-hybridized carbons (Fsp3) is 0.917. The second kappa shape index (κ2) is 17.5. The summed E-state index contributed by atoms with van der Waals surface area (Å²) >= 11 is 0. The zero-order chi connectivity index (χ0) is 48.4. The molecule has 3 saturated heterocycles. The molecule has 23 atom stereocenters. The molecule has 18 nitrogen and oxygen atoms in total. The van der Waals surface area contributed by atoms with Crippen LogP contribution in [0.1, 0.15) is 120 Å². The number of carboxylic acids is 1. The Kier molecular flexibility index (Phi) is 13.4. The lowest BCUT2D eigenvalue weighted by Crippen LogP contribution is -2.67. The number of aliphatic hydroxyl groups is 9. The third-order valence-corrected chi connectivity index (χ3v) is 19.2. The van der Waals surface area contributed by atoms with E-state index in [1.807, 2.05) is 0 Å². The summed E-state index contributed by atoms with van der Waals surface area (Å²) in [5.41, 5.74) is -0.862. The van der Waals surface area contributed by atoms with Gasteiger partial charge in [-0.3, -0.25) is 4.79 Å². The van der Waals surface area contributed by atoms with Gasteiger partial charge in [-0.15, -0.1) is 0 Å². The van der Waals surface area contributed by atoms with Crippen LogP contribution in [0.2, 0.25) is 0 Å². The maximum Gasteiger partial charge on any atom is 0.335 e. The molecular formula is C48H76O18. The summed E-state index contributed by atoms with van der Waals surface area (Å²) in [5.74, 6) is -1.81. The number of aliphatic hydroxyl groups excluding tert-OH is 9. The van der Waals surface area contributed by atoms with E-state index in [2.05, 4.69) is 54.5 Å². The maximum absolute atomic E-state index is 14.7. The van der Waals surface area contributed by atoms with Gasteiger partial charge >= 0.3 is 11.9 Å². The van der Waals surface area contributed by atoms with Crippen LogP contribution in [0.25, 0.3) is 0 Å². The van der Waals surface area contributed by atoms with Crippen molar-refractivity contribution in [2.24, 2.45) is 50.2 Å². The number of fused-ring (bicyclic) bond motifs is 7. The van der Waals surface area contributed by atoms with Crippen molar-refractivity contribution < 1.29 is 89.1 Å². The number of carbonyl (C=O) groups is 2. The van der Waals surface area contributed by atoms with E-state index in [1.165, 1.54) is 12.5 Å². The second-order valence-corrected chi connectivity index (χ2v) is 23.5. The van der Waals surface area contributed by atoms with E-state index in [4.69, 9.17) is 28.4 Å². The first-order chi connectivity index (χ1) is 30.7. The van der Waals surface area contributed by atoms with Gasteiger partial charge in [-0.2, -0.15) is 0 Å². The highest BCUT2D eigenvalue weighted by Crippen LogP contribution is 2.76. The molecule has 0 aromatic carbocycles. The average molecular weight is 941 g/mol. The van der Waals surface area contributed by atoms with Gasteiger partial charge in [-0.1, -0.05) is 60.1 Å². The molecule has 0 radical (unpaired) electrons. The molecular weight excluding hydrogens is 865 g/mol. The van der Waals surface area contributed by atoms with Crippen LogP contribution in [0.5, 0.6) is 0 Å². The van der Waals surface area contributed by atoms with Crippen molar-refractivity contribution in [1.82, 2.24) is 0 Å². The number of esters is 1. The van der Waals surface area contributed by atoms with Gasteiger partial charge in [0, 0.05) is 0 Å². The van der Waals surface area contributed by atoms with Crippen LogP contribution in [0.15, 0.2) is 11.6 Å². The first-order valence-corrected chi connectivity index (χ1v) is 24.2. The van der Waals surface area contributed by atoms with E-state index in [-0.39, 0.29) is 39.4 Å². The van der Waals surface area contributed by atoms with E-state index in [9.17, 15) is 60.7 Å². The van der Waals surface area contributed by atoms with Gasteiger partial charge in [0.15, 0.2) is 18.7 Å². The summed E-state index contributed by atoms with van der Waals surface area (Å²) in [6.45, 7) is 16.7.